The van der Waals surface area contributed by atoms with E-state index in [1.165, 1.54) is 0 Å². The molecular weight excluding hydrogens is 458 g/mol. The number of halogens is 1. The van der Waals surface area contributed by atoms with Crippen LogP contribution < -0.4 is 16.2 Å². The number of benzene rings is 3. The van der Waals surface area contributed by atoms with Crippen LogP contribution in [0.4, 0.5) is 0 Å². The Bertz CT molecular complexity index is 1070. The lowest BCUT2D eigenvalue weighted by atomic mass is 10.1. The zero-order valence-electron chi connectivity index (χ0n) is 17.8. The highest BCUT2D eigenvalue weighted by atomic mass is 35.5. The number of hydrogen-bond acceptors (Lipinski definition) is 4. The summed E-state index contributed by atoms with van der Waals surface area (Å²) in [4.78, 5) is 37.2. The standard InChI is InChI=1S/C25H24ClN3O3S/c26-21-10-12-22(13-11-21)33-17-19-6-8-20(9-7-19)25(32)29-28-23(30)14-15-27-24(31)16-18-4-2-1-3-5-18/h1-13H,14-17H2,(H,27,31)(H,28,30)(H,29,32). The average molecular weight is 482 g/mol. The summed E-state index contributed by atoms with van der Waals surface area (Å²) in [6.07, 6.45) is 0.315. The maximum absolute atomic E-state index is 12.2. The summed E-state index contributed by atoms with van der Waals surface area (Å²) in [6, 6.07) is 24.2. The van der Waals surface area contributed by atoms with Crippen molar-refractivity contribution in [3.05, 3.63) is 101 Å². The highest BCUT2D eigenvalue weighted by Crippen LogP contribution is 2.24. The minimum atomic E-state index is -0.409. The van der Waals surface area contributed by atoms with Crippen LogP contribution >= 0.6 is 23.4 Å². The van der Waals surface area contributed by atoms with E-state index < -0.39 is 5.91 Å². The first-order valence-corrected chi connectivity index (χ1v) is 11.7. The molecule has 0 saturated heterocycles. The lowest BCUT2D eigenvalue weighted by molar-refractivity contribution is -0.122. The summed E-state index contributed by atoms with van der Waals surface area (Å²) in [6.45, 7) is 0.188. The molecule has 0 aliphatic heterocycles. The number of nitrogens with one attached hydrogen (secondary N) is 3. The average Bonchev–Trinajstić information content (AvgIpc) is 2.83. The van der Waals surface area contributed by atoms with Gasteiger partial charge in [0.15, 0.2) is 0 Å². The number of thioether (sulfide) groups is 1. The normalized spacial score (nSPS) is 10.3. The quantitative estimate of drug-likeness (QED) is 0.316. The molecule has 6 nitrogen and oxygen atoms in total. The van der Waals surface area contributed by atoms with E-state index in [4.69, 9.17) is 11.6 Å². The third-order valence-corrected chi connectivity index (χ3v) is 5.97. The van der Waals surface area contributed by atoms with Crippen molar-refractivity contribution in [1.82, 2.24) is 16.2 Å². The molecule has 33 heavy (non-hydrogen) atoms. The molecule has 3 aromatic rings. The molecule has 3 aromatic carbocycles. The van der Waals surface area contributed by atoms with Gasteiger partial charge >= 0.3 is 0 Å². The minimum Gasteiger partial charge on any atom is -0.355 e. The maximum atomic E-state index is 12.2. The maximum Gasteiger partial charge on any atom is 0.269 e. The van der Waals surface area contributed by atoms with E-state index in [1.54, 1.807) is 23.9 Å². The Balaban J connectivity index is 1.34. The van der Waals surface area contributed by atoms with Gasteiger partial charge in [0.25, 0.3) is 5.91 Å². The Morgan fingerprint density at radius 1 is 0.758 bits per heavy atom. The van der Waals surface area contributed by atoms with Crippen molar-refractivity contribution < 1.29 is 14.4 Å². The number of hydrogen-bond donors (Lipinski definition) is 3. The zero-order valence-corrected chi connectivity index (χ0v) is 19.4. The summed E-state index contributed by atoms with van der Waals surface area (Å²) >= 11 is 7.57. The molecule has 0 unspecified atom stereocenters. The fraction of sp³-hybridized carbons (Fsp3) is 0.160. The fourth-order valence-corrected chi connectivity index (χ4v) is 3.85. The first-order valence-electron chi connectivity index (χ1n) is 10.4. The van der Waals surface area contributed by atoms with Crippen molar-refractivity contribution in [3.63, 3.8) is 0 Å². The largest absolute Gasteiger partial charge is 0.355 e. The Kier molecular flexibility index (Phi) is 9.35. The molecule has 3 N–H and O–H groups in total. The summed E-state index contributed by atoms with van der Waals surface area (Å²) in [7, 11) is 0. The molecular formula is C25H24ClN3O3S. The van der Waals surface area contributed by atoms with Crippen molar-refractivity contribution in [2.75, 3.05) is 6.54 Å². The van der Waals surface area contributed by atoms with E-state index in [1.807, 2.05) is 66.7 Å². The molecule has 0 heterocycles. The number of hydrazine groups is 1. The van der Waals surface area contributed by atoms with E-state index >= 15 is 0 Å². The second-order valence-corrected chi connectivity index (χ2v) is 8.69. The minimum absolute atomic E-state index is 0.0572. The van der Waals surface area contributed by atoms with Crippen LogP contribution in [-0.2, 0) is 21.8 Å². The molecule has 3 rings (SSSR count). The van der Waals surface area contributed by atoms with Crippen molar-refractivity contribution in [3.8, 4) is 0 Å². The van der Waals surface area contributed by atoms with Gasteiger partial charge in [-0.15, -0.1) is 11.8 Å². The van der Waals surface area contributed by atoms with E-state index in [9.17, 15) is 14.4 Å². The Morgan fingerprint density at radius 2 is 1.45 bits per heavy atom. The van der Waals surface area contributed by atoms with Crippen molar-refractivity contribution in [1.29, 1.82) is 0 Å². The van der Waals surface area contributed by atoms with Crippen molar-refractivity contribution >= 4 is 41.1 Å². The predicted molar refractivity (Wildman–Crippen MR) is 131 cm³/mol. The SMILES string of the molecule is O=C(Cc1ccccc1)NCCC(=O)NNC(=O)c1ccc(CSc2ccc(Cl)cc2)cc1. The van der Waals surface area contributed by atoms with Gasteiger partial charge in [0.05, 0.1) is 6.42 Å². The van der Waals surface area contributed by atoms with Gasteiger partial charge in [-0.25, -0.2) is 0 Å². The van der Waals surface area contributed by atoms with Crippen LogP contribution in [-0.4, -0.2) is 24.3 Å². The molecule has 8 heteroatoms. The van der Waals surface area contributed by atoms with E-state index in [0.717, 1.165) is 21.8 Å². The molecule has 0 bridgehead atoms. The lowest BCUT2D eigenvalue weighted by Crippen LogP contribution is -2.42. The number of carbonyl (C=O) groups excluding carboxylic acids is 3. The number of carbonyl (C=O) groups is 3. The molecule has 0 spiro atoms. The third-order valence-electron chi connectivity index (χ3n) is 4.63. The molecule has 170 valence electrons. The highest BCUT2D eigenvalue weighted by molar-refractivity contribution is 7.98. The summed E-state index contributed by atoms with van der Waals surface area (Å²) in [5.74, 6) is -0.198. The first-order chi connectivity index (χ1) is 16.0. The molecule has 0 radical (unpaired) electrons. The van der Waals surface area contributed by atoms with Gasteiger partial charge in [0.2, 0.25) is 11.8 Å². The van der Waals surface area contributed by atoms with Gasteiger partial charge < -0.3 is 5.32 Å². The Hall–Kier alpha value is -3.29. The predicted octanol–water partition coefficient (Wildman–Crippen LogP) is 4.14. The Morgan fingerprint density at radius 3 is 2.15 bits per heavy atom. The van der Waals surface area contributed by atoms with Gasteiger partial charge in [-0.05, 0) is 47.5 Å². The molecule has 3 amide bonds. The van der Waals surface area contributed by atoms with Crippen molar-refractivity contribution in [2.45, 2.75) is 23.5 Å². The highest BCUT2D eigenvalue weighted by Gasteiger charge is 2.09. The second kappa shape index (κ2) is 12.7. The first kappa shape index (κ1) is 24.4. The molecule has 0 aromatic heterocycles. The smallest absolute Gasteiger partial charge is 0.269 e. The van der Waals surface area contributed by atoms with Gasteiger partial charge in [0, 0.05) is 34.2 Å². The molecule has 0 fully saturated rings. The molecule has 0 saturated carbocycles. The molecule has 0 atom stereocenters. The van der Waals surface area contributed by atoms with Gasteiger partial charge in [-0.2, -0.15) is 0 Å². The summed E-state index contributed by atoms with van der Waals surface area (Å²) in [5, 5.41) is 3.40. The van der Waals surface area contributed by atoms with Crippen LogP contribution in [0.1, 0.15) is 27.9 Å². The van der Waals surface area contributed by atoms with E-state index in [2.05, 4.69) is 16.2 Å². The number of amides is 3. The zero-order chi connectivity index (χ0) is 23.5. The molecule has 0 aliphatic carbocycles. The van der Waals surface area contributed by atoms with Crippen LogP contribution in [0.25, 0.3) is 0 Å². The summed E-state index contributed by atoms with van der Waals surface area (Å²) in [5.41, 5.74) is 7.17. The van der Waals surface area contributed by atoms with Crippen LogP contribution in [0.3, 0.4) is 0 Å². The van der Waals surface area contributed by atoms with Crippen molar-refractivity contribution in [2.24, 2.45) is 0 Å². The Labute approximate surface area is 202 Å². The van der Waals surface area contributed by atoms with Crippen LogP contribution in [0.2, 0.25) is 5.02 Å². The fourth-order valence-electron chi connectivity index (χ4n) is 2.87. The monoisotopic (exact) mass is 481 g/mol. The topological polar surface area (TPSA) is 87.3 Å². The molecule has 0 aliphatic rings. The van der Waals surface area contributed by atoms with Crippen LogP contribution in [0, 0.1) is 0 Å². The summed E-state index contributed by atoms with van der Waals surface area (Å²) < 4.78 is 0. The van der Waals surface area contributed by atoms with Gasteiger partial charge in [-0.3, -0.25) is 25.2 Å². The van der Waals surface area contributed by atoms with Crippen LogP contribution in [0.5, 0.6) is 0 Å². The third kappa shape index (κ3) is 8.63. The lowest BCUT2D eigenvalue weighted by Gasteiger charge is -2.09. The van der Waals surface area contributed by atoms with E-state index in [0.29, 0.717) is 10.6 Å². The van der Waals surface area contributed by atoms with Crippen LogP contribution in [0.15, 0.2) is 83.8 Å². The van der Waals surface area contributed by atoms with Gasteiger partial charge in [0.1, 0.15) is 0 Å². The van der Waals surface area contributed by atoms with E-state index in [-0.39, 0.29) is 31.2 Å². The second-order valence-electron chi connectivity index (χ2n) is 7.20. The number of rotatable bonds is 9. The van der Waals surface area contributed by atoms with Gasteiger partial charge in [-0.1, -0.05) is 54.1 Å².